The van der Waals surface area contributed by atoms with E-state index in [0.717, 1.165) is 6.04 Å². The Balaban J connectivity index is 3.05. The third-order valence-corrected chi connectivity index (χ3v) is 27.1. The Morgan fingerprint density at radius 2 is 1.24 bits per heavy atom. The summed E-state index contributed by atoms with van der Waals surface area (Å²) in [7, 11) is -2.32. The molecule has 9 heteroatoms. The van der Waals surface area contributed by atoms with Crippen molar-refractivity contribution in [1.29, 1.82) is 0 Å². The van der Waals surface area contributed by atoms with Gasteiger partial charge < -0.3 is 9.47 Å². The molecular formula is C28H58B3NOP2Si2+. The standard InChI is InChI=1S/C28H58B3NOP2Si2/c1-22(2)24-19-18-20-25(23(3)4)27(24)32-26(29-31(34(6,7)8)35(9,10)11)21-28(30(32)33-5,36(12,13)14)37(15,16)17/h18-23,29H,1-17H3/q+1. The summed E-state index contributed by atoms with van der Waals surface area (Å²) in [6.45, 7) is 40.4. The van der Waals surface area contributed by atoms with Crippen LogP contribution in [0.3, 0.4) is 0 Å². The number of rotatable bonds is 10. The van der Waals surface area contributed by atoms with Crippen molar-refractivity contribution in [3.8, 4) is 0 Å². The highest BCUT2D eigenvalue weighted by atomic mass is 31.2. The number of allylic oxidation sites excluding steroid dienone is 1. The molecule has 1 aromatic carbocycles. The van der Waals surface area contributed by atoms with Crippen LogP contribution in [0.15, 0.2) is 29.9 Å². The lowest BCUT2D eigenvalue weighted by Gasteiger charge is -2.51. The second-order valence-corrected chi connectivity index (χ2v) is 37.2. The first kappa shape index (κ1) is 33.4. The van der Waals surface area contributed by atoms with Crippen LogP contribution in [-0.2, 0) is 4.65 Å². The predicted octanol–water partition coefficient (Wildman–Crippen LogP) is 8.46. The van der Waals surface area contributed by atoms with Gasteiger partial charge in [-0.2, -0.15) is 0 Å². The van der Waals surface area contributed by atoms with Gasteiger partial charge in [0.25, 0.3) is 0 Å². The number of para-hydroxylation sites is 1. The van der Waals surface area contributed by atoms with Gasteiger partial charge >= 0.3 is 7.05 Å². The predicted molar refractivity (Wildman–Crippen MR) is 190 cm³/mol. The van der Waals surface area contributed by atoms with Crippen LogP contribution in [0.4, 0.5) is 5.69 Å². The minimum Gasteiger partial charge on any atom is -0.419 e. The Morgan fingerprint density at radius 3 is 1.54 bits per heavy atom. The van der Waals surface area contributed by atoms with E-state index in [9.17, 15) is 0 Å². The maximum Gasteiger partial charge on any atom is 0.423 e. The minimum absolute atomic E-state index is 0.0653. The lowest BCUT2D eigenvalue weighted by Crippen LogP contribution is -2.64. The second kappa shape index (κ2) is 11.2. The Kier molecular flexibility index (Phi) is 10.1. The highest BCUT2D eigenvalue weighted by Crippen LogP contribution is 2.68. The maximum atomic E-state index is 6.76. The molecule has 0 N–H and O–H groups in total. The van der Waals surface area contributed by atoms with Crippen molar-refractivity contribution in [2.24, 2.45) is 0 Å². The van der Waals surface area contributed by atoms with E-state index in [1.165, 1.54) is 24.0 Å². The molecule has 0 amide bonds. The Bertz CT molecular complexity index is 935. The van der Waals surface area contributed by atoms with E-state index in [1.54, 1.807) is 5.60 Å². The van der Waals surface area contributed by atoms with Gasteiger partial charge in [0.2, 0.25) is 6.04 Å². The zero-order valence-electron chi connectivity index (χ0n) is 27.6. The average Bonchev–Trinajstić information content (AvgIpc) is 3.04. The monoisotopic (exact) mass is 575 g/mol. The summed E-state index contributed by atoms with van der Waals surface area (Å²) in [6, 6.07) is 7.80. The summed E-state index contributed by atoms with van der Waals surface area (Å²) < 4.78 is 6.89. The molecule has 1 heterocycles. The molecule has 0 spiro atoms. The Hall–Kier alpha value is 0.209. The summed E-state index contributed by atoms with van der Waals surface area (Å²) in [5.74, 6) is 0.921. The van der Waals surface area contributed by atoms with Gasteiger partial charge in [0, 0.05) is 57.3 Å². The van der Waals surface area contributed by atoms with Crippen molar-refractivity contribution in [3.63, 3.8) is 0 Å². The molecule has 37 heavy (non-hydrogen) atoms. The average molecular weight is 575 g/mol. The lowest BCUT2D eigenvalue weighted by atomic mass is 9.49. The molecule has 1 aliphatic rings. The smallest absolute Gasteiger partial charge is 0.419 e. The molecule has 207 valence electrons. The lowest BCUT2D eigenvalue weighted by molar-refractivity contribution is 0.415. The first-order valence-electron chi connectivity index (χ1n) is 14.3. The van der Waals surface area contributed by atoms with E-state index in [0.29, 0.717) is 11.8 Å². The summed E-state index contributed by atoms with van der Waals surface area (Å²) in [5, 5.41) is 0. The van der Waals surface area contributed by atoms with E-state index >= 15 is 0 Å². The van der Waals surface area contributed by atoms with Crippen LogP contribution in [-0.4, -0.2) is 83.5 Å². The van der Waals surface area contributed by atoms with E-state index in [2.05, 4.69) is 136 Å². The van der Waals surface area contributed by atoms with Crippen LogP contribution in [0.1, 0.15) is 50.7 Å². The van der Waals surface area contributed by atoms with Gasteiger partial charge in [-0.25, -0.2) is 0 Å². The molecule has 2 nitrogen and oxygen atoms in total. The van der Waals surface area contributed by atoms with Gasteiger partial charge in [0.1, 0.15) is 0 Å². The van der Waals surface area contributed by atoms with Crippen molar-refractivity contribution in [3.05, 3.63) is 41.0 Å². The van der Waals surface area contributed by atoms with Gasteiger partial charge in [0.05, 0.1) is 23.3 Å². The van der Waals surface area contributed by atoms with E-state index in [4.69, 9.17) is 4.65 Å². The zero-order valence-corrected chi connectivity index (χ0v) is 31.4. The van der Waals surface area contributed by atoms with Crippen LogP contribution in [0.25, 0.3) is 0 Å². The number of hydrogen-bond acceptors (Lipinski definition) is 2. The number of hydrogen-bond donors (Lipinski definition) is 0. The van der Waals surface area contributed by atoms with Crippen molar-refractivity contribution in [2.75, 3.05) is 51.9 Å². The van der Waals surface area contributed by atoms with Gasteiger partial charge in [-0.3, -0.25) is 0 Å². The molecule has 1 radical (unpaired) electrons. The van der Waals surface area contributed by atoms with Crippen molar-refractivity contribution >= 4 is 56.4 Å². The molecule has 0 saturated carbocycles. The van der Waals surface area contributed by atoms with Crippen LogP contribution in [0, 0.1) is 0 Å². The van der Waals surface area contributed by atoms with Crippen LogP contribution < -0.4 is 4.81 Å². The highest BCUT2D eigenvalue weighted by molar-refractivity contribution is 8.37. The molecule has 0 bridgehead atoms. The zero-order chi connectivity index (χ0) is 28.9. The third kappa shape index (κ3) is 6.43. The molecule has 0 aromatic heterocycles. The summed E-state index contributed by atoms with van der Waals surface area (Å²) in [5.41, 5.74) is 5.94. The molecular weight excluding hydrogens is 517 g/mol. The van der Waals surface area contributed by atoms with E-state index in [1.807, 2.05) is 7.11 Å². The molecule has 0 saturated heterocycles. The van der Waals surface area contributed by atoms with Crippen molar-refractivity contribution < 1.29 is 4.65 Å². The number of anilines is 1. The first-order chi connectivity index (χ1) is 16.5. The summed E-state index contributed by atoms with van der Waals surface area (Å²) in [6.07, 6.45) is 2.82. The largest absolute Gasteiger partial charge is 0.423 e. The minimum atomic E-state index is -1.71. The molecule has 0 unspecified atom stereocenters. The van der Waals surface area contributed by atoms with Crippen molar-refractivity contribution in [2.45, 2.75) is 83.4 Å². The van der Waals surface area contributed by atoms with Gasteiger partial charge in [-0.15, -0.1) is 14.3 Å². The quantitative estimate of drug-likeness (QED) is 0.205. The molecule has 0 aliphatic carbocycles. The Labute approximate surface area is 236 Å². The van der Waals surface area contributed by atoms with Crippen LogP contribution in [0.2, 0.25) is 43.8 Å². The first-order valence-corrected chi connectivity index (χ1v) is 27.7. The van der Waals surface area contributed by atoms with Crippen LogP contribution >= 0.6 is 14.3 Å². The molecule has 1 aromatic rings. The molecule has 0 fully saturated rings. The second-order valence-electron chi connectivity index (χ2n) is 16.0. The normalized spacial score (nSPS) is 17.4. The summed E-state index contributed by atoms with van der Waals surface area (Å²) >= 11 is 0. The third-order valence-electron chi connectivity index (χ3n) is 8.80. The topological polar surface area (TPSA) is 12.5 Å². The fourth-order valence-corrected chi connectivity index (χ4v) is 29.3. The summed E-state index contributed by atoms with van der Waals surface area (Å²) in [4.78, 5) is 2.76. The number of nitrogens with zero attached hydrogens (tertiary/aromatic N) is 1. The van der Waals surface area contributed by atoms with Gasteiger partial charge in [-0.05, 0) is 23.0 Å². The van der Waals surface area contributed by atoms with Crippen molar-refractivity contribution in [1.82, 2.24) is 0 Å². The highest BCUT2D eigenvalue weighted by Gasteiger charge is 2.65. The SMILES string of the molecule is COB1N(c2c(C(C)C)cccc2C(C)C)C(B[B-]([P+](C)(C)C)[P+](C)(C)C)=CC1([Si](C)(C)C)[Si](C)(C)C. The maximum absolute atomic E-state index is 6.76. The molecule has 2 rings (SSSR count). The molecule has 0 atom stereocenters. The van der Waals surface area contributed by atoms with Gasteiger partial charge in [0.15, 0.2) is 0 Å². The van der Waals surface area contributed by atoms with Crippen LogP contribution in [0.5, 0.6) is 0 Å². The molecule has 1 aliphatic heterocycles. The fraction of sp³-hybridized carbons (Fsp3) is 0.714. The fourth-order valence-electron chi connectivity index (χ4n) is 7.33. The van der Waals surface area contributed by atoms with E-state index < -0.39 is 30.4 Å². The van der Waals surface area contributed by atoms with E-state index in [-0.39, 0.29) is 11.6 Å². The van der Waals surface area contributed by atoms with Gasteiger partial charge in [-0.1, -0.05) is 96.8 Å². The Morgan fingerprint density at radius 1 is 0.838 bits per heavy atom. The number of benzene rings is 1.